The van der Waals surface area contributed by atoms with Crippen LogP contribution in [-0.4, -0.2) is 33.4 Å². The Bertz CT molecular complexity index is 369. The predicted octanol–water partition coefficient (Wildman–Crippen LogP) is 1.74. The molecule has 0 radical (unpaired) electrons. The van der Waals surface area contributed by atoms with E-state index in [4.69, 9.17) is 15.2 Å². The highest BCUT2D eigenvalue weighted by Gasteiger charge is 2.15. The molecule has 0 saturated heterocycles. The smallest absolute Gasteiger partial charge is 0.160 e. The van der Waals surface area contributed by atoms with Gasteiger partial charge in [-0.25, -0.2) is 0 Å². The molecule has 0 amide bonds. The minimum absolute atomic E-state index is 0.367. The van der Waals surface area contributed by atoms with E-state index in [0.717, 1.165) is 18.0 Å². The van der Waals surface area contributed by atoms with Crippen molar-refractivity contribution in [1.82, 2.24) is 5.32 Å². The van der Waals surface area contributed by atoms with Gasteiger partial charge in [0.05, 0.1) is 14.2 Å². The fourth-order valence-electron chi connectivity index (χ4n) is 1.91. The van der Waals surface area contributed by atoms with Crippen LogP contribution < -0.4 is 20.5 Å². The van der Waals surface area contributed by atoms with Gasteiger partial charge in [0, 0.05) is 19.1 Å². The van der Waals surface area contributed by atoms with Gasteiger partial charge in [-0.2, -0.15) is 0 Å². The van der Waals surface area contributed by atoms with Crippen LogP contribution in [0.3, 0.4) is 0 Å². The summed E-state index contributed by atoms with van der Waals surface area (Å²) < 4.78 is 10.6. The van der Waals surface area contributed by atoms with Crippen molar-refractivity contribution >= 4 is 0 Å². The number of ether oxygens (including phenoxy) is 2. The highest BCUT2D eigenvalue weighted by atomic mass is 16.5. The lowest BCUT2D eigenvalue weighted by molar-refractivity contribution is 0.353. The monoisotopic (exact) mass is 252 g/mol. The molecule has 102 valence electrons. The second-order valence-electron chi connectivity index (χ2n) is 4.43. The predicted molar refractivity (Wildman–Crippen MR) is 74.5 cm³/mol. The first kappa shape index (κ1) is 14.8. The Balaban J connectivity index is 2.82. The Hall–Kier alpha value is -1.26. The van der Waals surface area contributed by atoms with E-state index in [0.29, 0.717) is 18.5 Å². The number of benzene rings is 1. The summed E-state index contributed by atoms with van der Waals surface area (Å²) in [6.45, 7) is 5.84. The molecule has 2 unspecified atom stereocenters. The van der Waals surface area contributed by atoms with E-state index in [1.165, 1.54) is 5.56 Å². The lowest BCUT2D eigenvalue weighted by Gasteiger charge is -2.22. The van der Waals surface area contributed by atoms with Gasteiger partial charge in [0.2, 0.25) is 0 Å². The molecule has 0 aliphatic carbocycles. The van der Waals surface area contributed by atoms with E-state index in [1.807, 2.05) is 12.1 Å². The van der Waals surface area contributed by atoms with Gasteiger partial charge in [-0.05, 0) is 30.5 Å². The standard InChI is InChI=1S/C14H24N2O2/c1-10(11(2)16-8-7-15)12-5-6-13(17-3)14(9-12)18-4/h5-6,9-11,16H,7-8,15H2,1-4H3. The molecular formula is C14H24N2O2. The molecule has 0 spiro atoms. The van der Waals surface area contributed by atoms with E-state index < -0.39 is 0 Å². The fourth-order valence-corrected chi connectivity index (χ4v) is 1.91. The van der Waals surface area contributed by atoms with Crippen molar-refractivity contribution in [3.63, 3.8) is 0 Å². The van der Waals surface area contributed by atoms with E-state index in [9.17, 15) is 0 Å². The Morgan fingerprint density at radius 3 is 2.39 bits per heavy atom. The number of methoxy groups -OCH3 is 2. The van der Waals surface area contributed by atoms with Crippen LogP contribution in [0, 0.1) is 0 Å². The van der Waals surface area contributed by atoms with Gasteiger partial charge >= 0.3 is 0 Å². The number of hydrogen-bond donors (Lipinski definition) is 2. The van der Waals surface area contributed by atoms with Gasteiger partial charge in [0.15, 0.2) is 11.5 Å². The maximum atomic E-state index is 5.50. The minimum atomic E-state index is 0.367. The van der Waals surface area contributed by atoms with Crippen LogP contribution in [-0.2, 0) is 0 Å². The van der Waals surface area contributed by atoms with Crippen LogP contribution in [0.4, 0.5) is 0 Å². The molecule has 0 aliphatic rings. The molecule has 0 aromatic heterocycles. The van der Waals surface area contributed by atoms with Crippen molar-refractivity contribution in [3.8, 4) is 11.5 Å². The Morgan fingerprint density at radius 2 is 1.83 bits per heavy atom. The van der Waals surface area contributed by atoms with E-state index >= 15 is 0 Å². The molecule has 0 saturated carbocycles. The third-order valence-electron chi connectivity index (χ3n) is 3.29. The minimum Gasteiger partial charge on any atom is -0.493 e. The average molecular weight is 252 g/mol. The lowest BCUT2D eigenvalue weighted by atomic mass is 9.94. The molecule has 0 aliphatic heterocycles. The van der Waals surface area contributed by atoms with Crippen LogP contribution in [0.2, 0.25) is 0 Å². The molecule has 4 heteroatoms. The number of nitrogens with two attached hydrogens (primary N) is 1. The van der Waals surface area contributed by atoms with Crippen molar-refractivity contribution in [2.24, 2.45) is 5.73 Å². The van der Waals surface area contributed by atoms with Crippen molar-refractivity contribution in [1.29, 1.82) is 0 Å². The van der Waals surface area contributed by atoms with E-state index in [2.05, 4.69) is 25.2 Å². The molecule has 0 fully saturated rings. The zero-order valence-corrected chi connectivity index (χ0v) is 11.7. The Kier molecular flexibility index (Phi) is 5.95. The molecule has 4 nitrogen and oxygen atoms in total. The third-order valence-corrected chi connectivity index (χ3v) is 3.29. The number of hydrogen-bond acceptors (Lipinski definition) is 4. The maximum Gasteiger partial charge on any atom is 0.160 e. The molecule has 18 heavy (non-hydrogen) atoms. The van der Waals surface area contributed by atoms with Gasteiger partial charge in [-0.15, -0.1) is 0 Å². The summed E-state index contributed by atoms with van der Waals surface area (Å²) in [6, 6.07) is 6.42. The SMILES string of the molecule is COc1ccc(C(C)C(C)NCCN)cc1OC. The topological polar surface area (TPSA) is 56.5 Å². The van der Waals surface area contributed by atoms with Gasteiger partial charge in [0.1, 0.15) is 0 Å². The average Bonchev–Trinajstić information content (AvgIpc) is 2.42. The van der Waals surface area contributed by atoms with E-state index in [1.54, 1.807) is 14.2 Å². The largest absolute Gasteiger partial charge is 0.493 e. The van der Waals surface area contributed by atoms with Crippen molar-refractivity contribution in [2.75, 3.05) is 27.3 Å². The normalized spacial score (nSPS) is 14.1. The first-order chi connectivity index (χ1) is 8.63. The molecule has 1 aromatic carbocycles. The number of rotatable bonds is 7. The van der Waals surface area contributed by atoms with Crippen LogP contribution in [0.25, 0.3) is 0 Å². The quantitative estimate of drug-likeness (QED) is 0.776. The van der Waals surface area contributed by atoms with Gasteiger partial charge in [-0.1, -0.05) is 13.0 Å². The van der Waals surface area contributed by atoms with Crippen LogP contribution in [0.5, 0.6) is 11.5 Å². The van der Waals surface area contributed by atoms with Crippen molar-refractivity contribution in [2.45, 2.75) is 25.8 Å². The van der Waals surface area contributed by atoms with Gasteiger partial charge in [-0.3, -0.25) is 0 Å². The summed E-state index contributed by atoms with van der Waals surface area (Å²) in [5.74, 6) is 1.92. The molecule has 1 rings (SSSR count). The third kappa shape index (κ3) is 3.62. The second kappa shape index (κ2) is 7.24. The Labute approximate surface area is 109 Å². The lowest BCUT2D eigenvalue weighted by Crippen LogP contribution is -2.34. The van der Waals surface area contributed by atoms with Gasteiger partial charge in [0.25, 0.3) is 0 Å². The van der Waals surface area contributed by atoms with Crippen LogP contribution in [0.15, 0.2) is 18.2 Å². The summed E-state index contributed by atoms with van der Waals surface area (Å²) in [5, 5.41) is 3.40. The summed E-state index contributed by atoms with van der Waals surface area (Å²) >= 11 is 0. The van der Waals surface area contributed by atoms with Crippen molar-refractivity contribution < 1.29 is 9.47 Å². The molecule has 0 heterocycles. The zero-order chi connectivity index (χ0) is 13.5. The summed E-state index contributed by atoms with van der Waals surface area (Å²) in [6.07, 6.45) is 0. The fraction of sp³-hybridized carbons (Fsp3) is 0.571. The molecule has 2 atom stereocenters. The first-order valence-electron chi connectivity index (χ1n) is 6.29. The molecule has 3 N–H and O–H groups in total. The summed E-state index contributed by atoms with van der Waals surface area (Å²) in [5.41, 5.74) is 6.73. The molecule has 0 bridgehead atoms. The summed E-state index contributed by atoms with van der Waals surface area (Å²) in [7, 11) is 3.30. The first-order valence-corrected chi connectivity index (χ1v) is 6.29. The molecule has 1 aromatic rings. The van der Waals surface area contributed by atoms with E-state index in [-0.39, 0.29) is 0 Å². The van der Waals surface area contributed by atoms with Gasteiger partial charge < -0.3 is 20.5 Å². The molecular weight excluding hydrogens is 228 g/mol. The zero-order valence-electron chi connectivity index (χ0n) is 11.7. The summed E-state index contributed by atoms with van der Waals surface area (Å²) in [4.78, 5) is 0. The van der Waals surface area contributed by atoms with Crippen molar-refractivity contribution in [3.05, 3.63) is 23.8 Å². The van der Waals surface area contributed by atoms with Crippen LogP contribution >= 0.6 is 0 Å². The Morgan fingerprint density at radius 1 is 1.17 bits per heavy atom. The van der Waals surface area contributed by atoms with Crippen LogP contribution in [0.1, 0.15) is 25.3 Å². The highest BCUT2D eigenvalue weighted by molar-refractivity contribution is 5.44. The maximum absolute atomic E-state index is 5.50. The highest BCUT2D eigenvalue weighted by Crippen LogP contribution is 2.31. The number of nitrogens with one attached hydrogen (secondary N) is 1. The second-order valence-corrected chi connectivity index (χ2v) is 4.43.